The summed E-state index contributed by atoms with van der Waals surface area (Å²) in [6, 6.07) is 13.9. The molecule has 6 rings (SSSR count). The molecule has 0 bridgehead atoms. The van der Waals surface area contributed by atoms with Crippen LogP contribution in [-0.4, -0.2) is 153 Å². The highest BCUT2D eigenvalue weighted by Gasteiger charge is 2.45. The van der Waals surface area contributed by atoms with Crippen molar-refractivity contribution < 1.29 is 43.3 Å². The van der Waals surface area contributed by atoms with Gasteiger partial charge in [-0.25, -0.2) is 0 Å². The van der Waals surface area contributed by atoms with E-state index < -0.39 is 23.6 Å². The van der Waals surface area contributed by atoms with Crippen molar-refractivity contribution in [1.29, 1.82) is 0 Å². The minimum absolute atomic E-state index is 0.00974. The lowest BCUT2D eigenvalue weighted by Crippen LogP contribution is -2.47. The van der Waals surface area contributed by atoms with Crippen molar-refractivity contribution in [2.75, 3.05) is 97.3 Å². The van der Waals surface area contributed by atoms with E-state index in [1.807, 2.05) is 30.3 Å². The molecule has 2 fully saturated rings. The van der Waals surface area contributed by atoms with Gasteiger partial charge in [0.25, 0.3) is 11.8 Å². The zero-order chi connectivity index (χ0) is 38.6. The van der Waals surface area contributed by atoms with E-state index in [2.05, 4.69) is 20.1 Å². The molecular formula is C41H51N5O9. The number of benzene rings is 2. The maximum absolute atomic E-state index is 13.2. The van der Waals surface area contributed by atoms with Gasteiger partial charge in [0.15, 0.2) is 11.6 Å². The van der Waals surface area contributed by atoms with Crippen molar-refractivity contribution in [2.24, 2.45) is 4.99 Å². The van der Waals surface area contributed by atoms with Crippen LogP contribution in [0.2, 0.25) is 0 Å². The van der Waals surface area contributed by atoms with Gasteiger partial charge >= 0.3 is 0 Å². The quantitative estimate of drug-likeness (QED) is 0.0932. The molecule has 4 aliphatic rings. The second-order valence-corrected chi connectivity index (χ2v) is 14.2. The summed E-state index contributed by atoms with van der Waals surface area (Å²) < 4.78 is 17.0. The number of nitrogens with one attached hydrogen (secondary N) is 1. The number of nitrogens with zero attached hydrogens (tertiary/aromatic N) is 4. The number of hydrogen-bond acceptors (Lipinski definition) is 13. The Balaban J connectivity index is 0.763. The van der Waals surface area contributed by atoms with Gasteiger partial charge in [-0.1, -0.05) is 36.4 Å². The molecule has 2 aromatic rings. The zero-order valence-electron chi connectivity index (χ0n) is 31.3. The zero-order valence-corrected chi connectivity index (χ0v) is 31.3. The van der Waals surface area contributed by atoms with Crippen LogP contribution in [0, 0.1) is 0 Å². The topological polar surface area (TPSA) is 167 Å². The number of imide groups is 1. The number of carbonyl (C=O) groups excluding carboxylic acids is 5. The Morgan fingerprint density at radius 3 is 2.18 bits per heavy atom. The third-order valence-corrected chi connectivity index (χ3v) is 10.5. The number of hydrogen-bond donors (Lipinski definition) is 2. The molecule has 2 aliphatic carbocycles. The molecule has 1 saturated heterocycles. The van der Waals surface area contributed by atoms with Crippen LogP contribution >= 0.6 is 0 Å². The normalized spacial score (nSPS) is 21.3. The molecule has 2 atom stereocenters. The predicted octanol–water partition coefficient (Wildman–Crippen LogP) is 3.08. The van der Waals surface area contributed by atoms with Gasteiger partial charge < -0.3 is 24.6 Å². The first kappa shape index (κ1) is 40.1. The van der Waals surface area contributed by atoms with Crippen molar-refractivity contribution in [2.45, 2.75) is 44.1 Å². The summed E-state index contributed by atoms with van der Waals surface area (Å²) in [6.07, 6.45) is 2.50. The fourth-order valence-corrected chi connectivity index (χ4v) is 7.47. The first-order chi connectivity index (χ1) is 26.8. The molecule has 2 aliphatic heterocycles. The van der Waals surface area contributed by atoms with Crippen LogP contribution in [0.4, 0.5) is 5.69 Å². The van der Waals surface area contributed by atoms with Crippen molar-refractivity contribution in [1.82, 2.24) is 14.7 Å². The second-order valence-electron chi connectivity index (χ2n) is 14.2. The predicted molar refractivity (Wildman–Crippen MR) is 205 cm³/mol. The fraction of sp³-hybridized carbons (Fsp3) is 0.512. The Labute approximate surface area is 321 Å². The van der Waals surface area contributed by atoms with Gasteiger partial charge in [0, 0.05) is 77.0 Å². The van der Waals surface area contributed by atoms with E-state index in [1.54, 1.807) is 24.4 Å². The average molecular weight is 758 g/mol. The number of piperazine rings is 1. The highest BCUT2D eigenvalue weighted by atomic mass is 16.5. The number of ether oxygens (including phenoxy) is 3. The Kier molecular flexibility index (Phi) is 14.4. The van der Waals surface area contributed by atoms with Crippen LogP contribution in [0.1, 0.15) is 64.3 Å². The highest BCUT2D eigenvalue weighted by Crippen LogP contribution is 2.34. The van der Waals surface area contributed by atoms with Crippen LogP contribution < -0.4 is 5.32 Å². The molecule has 2 heterocycles. The van der Waals surface area contributed by atoms with Gasteiger partial charge in [-0.3, -0.25) is 43.7 Å². The van der Waals surface area contributed by atoms with Crippen LogP contribution in [0.25, 0.3) is 0 Å². The highest BCUT2D eigenvalue weighted by molar-refractivity contribution is 6.25. The average Bonchev–Trinajstić information content (AvgIpc) is 3.44. The van der Waals surface area contributed by atoms with E-state index in [0.29, 0.717) is 76.8 Å². The molecule has 294 valence electrons. The van der Waals surface area contributed by atoms with Crippen LogP contribution in [0.5, 0.6) is 0 Å². The van der Waals surface area contributed by atoms with Gasteiger partial charge in [0.2, 0.25) is 0 Å². The first-order valence-electron chi connectivity index (χ1n) is 19.3. The van der Waals surface area contributed by atoms with E-state index in [4.69, 9.17) is 14.2 Å². The maximum Gasteiger partial charge on any atom is 0.264 e. The minimum atomic E-state index is -0.898. The van der Waals surface area contributed by atoms with Crippen molar-refractivity contribution in [3.63, 3.8) is 0 Å². The second kappa shape index (κ2) is 19.8. The summed E-state index contributed by atoms with van der Waals surface area (Å²) in [6.45, 7) is 9.17. The minimum Gasteiger partial charge on any atom is -0.511 e. The standard InChI is InChI=1S/C41H51N5O9/c47-31-9-10-35(38(50)27-31)46-40(51)32-7-4-8-34(39(32)41(46)52)43-12-19-53-21-23-55-24-22-54-20-18-45-16-14-44(15-17-45)13-11-42-28-33-36(48)25-30(26-37(33)49)29-5-2-1-3-6-29/h1-8,28,30,35,43,48H,9-27H2. The summed E-state index contributed by atoms with van der Waals surface area (Å²) in [4.78, 5) is 73.2. The number of carbonyl (C=O) groups is 5. The van der Waals surface area contributed by atoms with Gasteiger partial charge in [0.1, 0.15) is 11.5 Å². The number of aliphatic hydroxyl groups excluding tert-OH is 1. The molecule has 2 N–H and O–H groups in total. The summed E-state index contributed by atoms with van der Waals surface area (Å²) in [5, 5.41) is 13.7. The molecule has 0 aromatic heterocycles. The van der Waals surface area contributed by atoms with E-state index >= 15 is 0 Å². The van der Waals surface area contributed by atoms with Crippen LogP contribution in [0.3, 0.4) is 0 Å². The van der Waals surface area contributed by atoms with E-state index in [0.717, 1.165) is 49.7 Å². The van der Waals surface area contributed by atoms with Crippen LogP contribution in [0.15, 0.2) is 64.9 Å². The lowest BCUT2D eigenvalue weighted by molar-refractivity contribution is -0.132. The number of ketones is 3. The molecule has 0 spiro atoms. The molecule has 2 aromatic carbocycles. The summed E-state index contributed by atoms with van der Waals surface area (Å²) >= 11 is 0. The molecule has 55 heavy (non-hydrogen) atoms. The van der Waals surface area contributed by atoms with E-state index in [9.17, 15) is 29.1 Å². The monoisotopic (exact) mass is 757 g/mol. The molecule has 1 saturated carbocycles. The molecule has 2 amide bonds. The van der Waals surface area contributed by atoms with Crippen molar-refractivity contribution in [3.05, 3.63) is 76.6 Å². The number of allylic oxidation sites excluding steroid dienone is 2. The SMILES string of the molecule is O=C1CCC(N2C(=O)c3cccc(NCCOCCOCCOCCN4CCN(CCN=CC5=C(O)CC(c6ccccc6)CC5=O)CC4)c3C2=O)C(=O)C1. The lowest BCUT2D eigenvalue weighted by Gasteiger charge is -2.34. The number of aliphatic hydroxyl groups is 1. The number of Topliss-reactive ketones (excluding diaryl/α,β-unsaturated/α-hetero) is 3. The fourth-order valence-electron chi connectivity index (χ4n) is 7.47. The van der Waals surface area contributed by atoms with Gasteiger partial charge in [-0.05, 0) is 30.0 Å². The molecule has 2 unspecified atom stereocenters. The summed E-state index contributed by atoms with van der Waals surface area (Å²) in [5.74, 6) is -1.49. The molecule has 0 radical (unpaired) electrons. The molecule has 14 heteroatoms. The largest absolute Gasteiger partial charge is 0.511 e. The first-order valence-corrected chi connectivity index (χ1v) is 19.3. The molecular weight excluding hydrogens is 706 g/mol. The summed E-state index contributed by atoms with van der Waals surface area (Å²) in [7, 11) is 0. The number of anilines is 1. The van der Waals surface area contributed by atoms with Gasteiger partial charge in [0.05, 0.1) is 75.3 Å². The maximum atomic E-state index is 13.2. The van der Waals surface area contributed by atoms with Crippen molar-refractivity contribution in [3.8, 4) is 0 Å². The van der Waals surface area contributed by atoms with Gasteiger partial charge in [-0.15, -0.1) is 0 Å². The summed E-state index contributed by atoms with van der Waals surface area (Å²) in [5.41, 5.74) is 2.42. The van der Waals surface area contributed by atoms with E-state index in [1.165, 1.54) is 0 Å². The Hall–Kier alpha value is -4.60. The number of rotatable bonds is 19. The third kappa shape index (κ3) is 10.6. The third-order valence-electron chi connectivity index (χ3n) is 10.5. The van der Waals surface area contributed by atoms with Gasteiger partial charge in [-0.2, -0.15) is 0 Å². The van der Waals surface area contributed by atoms with Crippen LogP contribution in [-0.2, 0) is 28.6 Å². The Morgan fingerprint density at radius 2 is 1.47 bits per heavy atom. The smallest absolute Gasteiger partial charge is 0.264 e. The number of amides is 2. The Morgan fingerprint density at radius 1 is 0.782 bits per heavy atom. The molecule has 14 nitrogen and oxygen atoms in total. The lowest BCUT2D eigenvalue weighted by atomic mass is 9.83. The van der Waals surface area contributed by atoms with Crippen molar-refractivity contribution >= 4 is 41.1 Å². The Bertz CT molecular complexity index is 1760. The number of aliphatic imine (C=N–C) groups is 1. The number of fused-ring (bicyclic) bond motifs is 1. The van der Waals surface area contributed by atoms with E-state index in [-0.39, 0.29) is 53.6 Å².